The van der Waals surface area contributed by atoms with Crippen LogP contribution in [0.2, 0.25) is 0 Å². The Hall–Kier alpha value is -2.85. The van der Waals surface area contributed by atoms with Crippen molar-refractivity contribution in [1.29, 1.82) is 0 Å². The average molecular weight is 389 g/mol. The van der Waals surface area contributed by atoms with Crippen molar-refractivity contribution < 1.29 is 8.42 Å². The van der Waals surface area contributed by atoms with E-state index in [-0.39, 0.29) is 5.92 Å². The van der Waals surface area contributed by atoms with E-state index in [1.807, 2.05) is 80.1 Å². The molecular weight excluding hydrogens is 366 g/mol. The average Bonchev–Trinajstić information content (AvgIpc) is 2.75. The maximum atomic E-state index is 13.4. The molecule has 3 aromatic carbocycles. The monoisotopic (exact) mass is 388 g/mol. The lowest BCUT2D eigenvalue weighted by atomic mass is 9.91. The number of benzene rings is 3. The number of hydrogen-bond acceptors (Lipinski definition) is 2. The van der Waals surface area contributed by atoms with Crippen molar-refractivity contribution in [2.24, 2.45) is 0 Å². The predicted molar refractivity (Wildman–Crippen MR) is 113 cm³/mol. The van der Waals surface area contributed by atoms with Gasteiger partial charge in [0, 0.05) is 12.5 Å². The van der Waals surface area contributed by atoms with Gasteiger partial charge >= 0.3 is 0 Å². The van der Waals surface area contributed by atoms with E-state index in [2.05, 4.69) is 12.1 Å². The molecule has 1 heterocycles. The summed E-state index contributed by atoms with van der Waals surface area (Å²) in [7, 11) is -3.65. The topological polar surface area (TPSA) is 37.4 Å². The van der Waals surface area contributed by atoms with E-state index in [1.54, 1.807) is 12.1 Å². The molecule has 0 fully saturated rings. The first kappa shape index (κ1) is 18.5. The standard InChI is InChI=1S/C24H22NO2S/c1-19-12-14-23(15-13-19)28(26,27)25-17-16-22(20-8-4-2-5-9-20)18-24(25)21-10-6-3-7-11-21/h2-16,18,22H,17H2,1H3. The summed E-state index contributed by atoms with van der Waals surface area (Å²) < 4.78 is 28.3. The first-order chi connectivity index (χ1) is 13.6. The van der Waals surface area contributed by atoms with Crippen molar-refractivity contribution in [2.75, 3.05) is 6.54 Å². The second kappa shape index (κ2) is 7.64. The van der Waals surface area contributed by atoms with Gasteiger partial charge in [-0.05, 0) is 36.6 Å². The highest BCUT2D eigenvalue weighted by Crippen LogP contribution is 2.36. The Morgan fingerprint density at radius 2 is 1.43 bits per heavy atom. The van der Waals surface area contributed by atoms with Gasteiger partial charge in [-0.15, -0.1) is 0 Å². The van der Waals surface area contributed by atoms with Gasteiger partial charge in [0.25, 0.3) is 10.0 Å². The van der Waals surface area contributed by atoms with Crippen LogP contribution in [0.4, 0.5) is 0 Å². The molecule has 0 bridgehead atoms. The van der Waals surface area contributed by atoms with E-state index in [4.69, 9.17) is 0 Å². The Labute approximate surface area is 167 Å². The Balaban J connectivity index is 1.79. The SMILES string of the molecule is Cc1ccc(S(=O)(=O)N2C[CH]C(c3ccccc3)C=C2c2ccccc2)cc1. The summed E-state index contributed by atoms with van der Waals surface area (Å²) in [6.45, 7) is 2.28. The lowest BCUT2D eigenvalue weighted by Crippen LogP contribution is -2.34. The first-order valence-corrected chi connectivity index (χ1v) is 10.7. The van der Waals surface area contributed by atoms with Crippen molar-refractivity contribution in [3.05, 3.63) is 114 Å². The zero-order chi connectivity index (χ0) is 19.6. The molecule has 141 valence electrons. The van der Waals surface area contributed by atoms with Crippen LogP contribution in [0, 0.1) is 13.3 Å². The molecule has 4 heteroatoms. The molecule has 0 saturated heterocycles. The van der Waals surface area contributed by atoms with Crippen LogP contribution < -0.4 is 0 Å². The second-order valence-corrected chi connectivity index (χ2v) is 8.80. The Morgan fingerprint density at radius 3 is 2.07 bits per heavy atom. The molecule has 0 N–H and O–H groups in total. The van der Waals surface area contributed by atoms with Crippen LogP contribution in [0.1, 0.15) is 22.6 Å². The molecule has 3 aromatic rings. The summed E-state index contributed by atoms with van der Waals surface area (Å²) in [5, 5.41) is 0. The van der Waals surface area contributed by atoms with Gasteiger partial charge in [0.15, 0.2) is 0 Å². The van der Waals surface area contributed by atoms with E-state index < -0.39 is 10.0 Å². The summed E-state index contributed by atoms with van der Waals surface area (Å²) >= 11 is 0. The number of rotatable bonds is 4. The van der Waals surface area contributed by atoms with Crippen LogP contribution in [0.25, 0.3) is 5.70 Å². The van der Waals surface area contributed by atoms with Gasteiger partial charge in [-0.2, -0.15) is 0 Å². The maximum absolute atomic E-state index is 13.4. The van der Waals surface area contributed by atoms with Crippen LogP contribution in [-0.2, 0) is 10.0 Å². The van der Waals surface area contributed by atoms with Crippen LogP contribution in [0.15, 0.2) is 95.9 Å². The van der Waals surface area contributed by atoms with E-state index in [0.29, 0.717) is 11.4 Å². The quantitative estimate of drug-likeness (QED) is 0.629. The van der Waals surface area contributed by atoms with Crippen LogP contribution in [-0.4, -0.2) is 19.3 Å². The van der Waals surface area contributed by atoms with E-state index in [1.165, 1.54) is 4.31 Å². The first-order valence-electron chi connectivity index (χ1n) is 9.30. The van der Waals surface area contributed by atoms with E-state index >= 15 is 0 Å². The highest BCUT2D eigenvalue weighted by Gasteiger charge is 2.31. The summed E-state index contributed by atoms with van der Waals surface area (Å²) in [4.78, 5) is 0.312. The molecule has 28 heavy (non-hydrogen) atoms. The fourth-order valence-corrected chi connectivity index (χ4v) is 4.89. The molecular formula is C24H22NO2S. The minimum Gasteiger partial charge on any atom is -0.266 e. The smallest absolute Gasteiger partial charge is 0.264 e. The molecule has 0 aliphatic carbocycles. The van der Waals surface area contributed by atoms with Gasteiger partial charge in [-0.1, -0.05) is 84.4 Å². The summed E-state index contributed by atoms with van der Waals surface area (Å²) in [6, 6.07) is 26.9. The highest BCUT2D eigenvalue weighted by molar-refractivity contribution is 7.89. The van der Waals surface area contributed by atoms with E-state index in [0.717, 1.165) is 22.4 Å². The number of nitrogens with zero attached hydrogens (tertiary/aromatic N) is 1. The molecule has 1 radical (unpaired) electrons. The Bertz CT molecular complexity index is 1070. The fourth-order valence-electron chi connectivity index (χ4n) is 3.45. The van der Waals surface area contributed by atoms with Gasteiger partial charge in [-0.25, -0.2) is 8.42 Å². The third-order valence-electron chi connectivity index (χ3n) is 4.99. The summed E-state index contributed by atoms with van der Waals surface area (Å²) in [6.07, 6.45) is 4.09. The van der Waals surface area contributed by atoms with Crippen molar-refractivity contribution >= 4 is 15.7 Å². The van der Waals surface area contributed by atoms with Crippen LogP contribution in [0.5, 0.6) is 0 Å². The van der Waals surface area contributed by atoms with Crippen LogP contribution in [0.3, 0.4) is 0 Å². The predicted octanol–water partition coefficient (Wildman–Crippen LogP) is 5.03. The number of allylic oxidation sites excluding steroid dienone is 1. The largest absolute Gasteiger partial charge is 0.266 e. The maximum Gasteiger partial charge on any atom is 0.264 e. The van der Waals surface area contributed by atoms with Gasteiger partial charge < -0.3 is 0 Å². The molecule has 0 aromatic heterocycles. The zero-order valence-corrected chi connectivity index (χ0v) is 16.5. The lowest BCUT2D eigenvalue weighted by Gasteiger charge is -2.33. The normalized spacial score (nSPS) is 17.2. The molecule has 1 aliphatic heterocycles. The third kappa shape index (κ3) is 3.60. The minimum atomic E-state index is -3.65. The Kier molecular flexibility index (Phi) is 5.05. The molecule has 1 aliphatic rings. The van der Waals surface area contributed by atoms with Gasteiger partial charge in [0.2, 0.25) is 0 Å². The van der Waals surface area contributed by atoms with Gasteiger partial charge in [-0.3, -0.25) is 4.31 Å². The second-order valence-electron chi connectivity index (χ2n) is 6.94. The minimum absolute atomic E-state index is 0.0703. The highest BCUT2D eigenvalue weighted by atomic mass is 32.2. The lowest BCUT2D eigenvalue weighted by molar-refractivity contribution is 0.513. The molecule has 0 amide bonds. The zero-order valence-electron chi connectivity index (χ0n) is 15.7. The van der Waals surface area contributed by atoms with Crippen molar-refractivity contribution in [2.45, 2.75) is 17.7 Å². The molecule has 0 spiro atoms. The summed E-state index contributed by atoms with van der Waals surface area (Å²) in [5.41, 5.74) is 3.81. The van der Waals surface area contributed by atoms with Crippen molar-refractivity contribution in [1.82, 2.24) is 4.31 Å². The fraction of sp³-hybridized carbons (Fsp3) is 0.125. The summed E-state index contributed by atoms with van der Waals surface area (Å²) in [5.74, 6) is 0.0703. The molecule has 1 unspecified atom stereocenters. The van der Waals surface area contributed by atoms with E-state index in [9.17, 15) is 8.42 Å². The van der Waals surface area contributed by atoms with Gasteiger partial charge in [0.05, 0.1) is 10.6 Å². The van der Waals surface area contributed by atoms with Crippen molar-refractivity contribution in [3.63, 3.8) is 0 Å². The third-order valence-corrected chi connectivity index (χ3v) is 6.79. The van der Waals surface area contributed by atoms with Gasteiger partial charge in [0.1, 0.15) is 0 Å². The van der Waals surface area contributed by atoms with Crippen molar-refractivity contribution in [3.8, 4) is 0 Å². The number of sulfonamides is 1. The number of hydrogen-bond donors (Lipinski definition) is 0. The molecule has 3 nitrogen and oxygen atoms in total. The Morgan fingerprint density at radius 1 is 0.821 bits per heavy atom. The molecule has 4 rings (SSSR count). The molecule has 0 saturated carbocycles. The van der Waals surface area contributed by atoms with Crippen LogP contribution >= 0.6 is 0 Å². The number of aryl methyl sites for hydroxylation is 1. The molecule has 1 atom stereocenters.